The van der Waals surface area contributed by atoms with Gasteiger partial charge in [0.15, 0.2) is 0 Å². The smallest absolute Gasteiger partial charge is 0.244 e. The standard InChI is InChI=1S/C22H26Cl3N3O4S/c1-5-26-22(30)15(3)27(12-16-7-9-18(24)19(25)10-16)21(29)13-28(33(4,31)32)20-11-17(23)8-6-14(20)2/h6-11,15H,5,12-13H2,1-4H3,(H,26,30)/t15-/m0/s1. The molecule has 0 aliphatic carbocycles. The molecule has 0 saturated heterocycles. The van der Waals surface area contributed by atoms with Crippen LogP contribution in [0.15, 0.2) is 36.4 Å². The Labute approximate surface area is 209 Å². The van der Waals surface area contributed by atoms with Crippen molar-refractivity contribution in [3.05, 3.63) is 62.6 Å². The number of aryl methyl sites for hydroxylation is 1. The molecule has 0 spiro atoms. The minimum atomic E-state index is -3.84. The molecular formula is C22H26Cl3N3O4S. The van der Waals surface area contributed by atoms with Crippen molar-refractivity contribution in [2.24, 2.45) is 0 Å². The first-order valence-corrected chi connectivity index (χ1v) is 13.1. The Morgan fingerprint density at radius 2 is 1.73 bits per heavy atom. The molecule has 7 nitrogen and oxygen atoms in total. The van der Waals surface area contributed by atoms with Gasteiger partial charge in [0.25, 0.3) is 0 Å². The van der Waals surface area contributed by atoms with E-state index in [0.29, 0.717) is 38.4 Å². The number of hydrogen-bond donors (Lipinski definition) is 1. The Bertz CT molecular complexity index is 1140. The fourth-order valence-corrected chi connectivity index (χ4v) is 4.57. The summed E-state index contributed by atoms with van der Waals surface area (Å²) in [4.78, 5) is 27.3. The first kappa shape index (κ1) is 27.2. The maximum atomic E-state index is 13.4. The molecule has 1 N–H and O–H groups in total. The van der Waals surface area contributed by atoms with Crippen LogP contribution < -0.4 is 9.62 Å². The lowest BCUT2D eigenvalue weighted by Gasteiger charge is -2.32. The molecule has 2 aromatic rings. The fourth-order valence-electron chi connectivity index (χ4n) is 3.19. The van der Waals surface area contributed by atoms with E-state index < -0.39 is 28.5 Å². The van der Waals surface area contributed by atoms with Crippen molar-refractivity contribution in [3.8, 4) is 0 Å². The van der Waals surface area contributed by atoms with E-state index in [9.17, 15) is 18.0 Å². The van der Waals surface area contributed by atoms with Crippen LogP contribution in [0.4, 0.5) is 5.69 Å². The van der Waals surface area contributed by atoms with E-state index in [2.05, 4.69) is 5.32 Å². The van der Waals surface area contributed by atoms with E-state index >= 15 is 0 Å². The second-order valence-corrected chi connectivity index (χ2v) is 10.7. The maximum absolute atomic E-state index is 13.4. The highest BCUT2D eigenvalue weighted by Crippen LogP contribution is 2.27. The third kappa shape index (κ3) is 7.24. The monoisotopic (exact) mass is 533 g/mol. The van der Waals surface area contributed by atoms with Gasteiger partial charge in [-0.25, -0.2) is 8.42 Å². The number of halogens is 3. The fraction of sp³-hybridized carbons (Fsp3) is 0.364. The molecule has 33 heavy (non-hydrogen) atoms. The SMILES string of the molecule is CCNC(=O)[C@H](C)N(Cc1ccc(Cl)c(Cl)c1)C(=O)CN(c1cc(Cl)ccc1C)S(C)(=O)=O. The lowest BCUT2D eigenvalue weighted by Crippen LogP contribution is -2.51. The third-order valence-electron chi connectivity index (χ3n) is 4.97. The molecule has 1 atom stereocenters. The van der Waals surface area contributed by atoms with Crippen LogP contribution in [0.5, 0.6) is 0 Å². The van der Waals surface area contributed by atoms with Crippen molar-refractivity contribution in [1.82, 2.24) is 10.2 Å². The van der Waals surface area contributed by atoms with Crippen LogP contribution in [0, 0.1) is 6.92 Å². The zero-order valence-electron chi connectivity index (χ0n) is 18.7. The van der Waals surface area contributed by atoms with Gasteiger partial charge in [-0.05, 0) is 56.2 Å². The summed E-state index contributed by atoms with van der Waals surface area (Å²) in [6.07, 6.45) is 1.01. The number of rotatable bonds is 9. The minimum Gasteiger partial charge on any atom is -0.355 e. The highest BCUT2D eigenvalue weighted by atomic mass is 35.5. The molecule has 0 fully saturated rings. The summed E-state index contributed by atoms with van der Waals surface area (Å²) in [5.74, 6) is -0.930. The van der Waals surface area contributed by atoms with Crippen LogP contribution in [-0.2, 0) is 26.2 Å². The second kappa shape index (κ2) is 11.4. The quantitative estimate of drug-likeness (QED) is 0.520. The van der Waals surface area contributed by atoms with Crippen molar-refractivity contribution < 1.29 is 18.0 Å². The number of carbonyl (C=O) groups excluding carboxylic acids is 2. The van der Waals surface area contributed by atoms with E-state index in [1.165, 1.54) is 11.0 Å². The van der Waals surface area contributed by atoms with Crippen LogP contribution in [0.2, 0.25) is 15.1 Å². The molecule has 0 aliphatic rings. The molecule has 0 radical (unpaired) electrons. The van der Waals surface area contributed by atoms with Crippen molar-refractivity contribution in [2.75, 3.05) is 23.7 Å². The van der Waals surface area contributed by atoms with Gasteiger partial charge in [-0.15, -0.1) is 0 Å². The van der Waals surface area contributed by atoms with E-state index in [4.69, 9.17) is 34.8 Å². The van der Waals surface area contributed by atoms with Gasteiger partial charge in [0.05, 0.1) is 22.0 Å². The molecule has 0 heterocycles. The van der Waals surface area contributed by atoms with E-state index in [1.807, 2.05) is 0 Å². The molecule has 0 bridgehead atoms. The highest BCUT2D eigenvalue weighted by Gasteiger charge is 2.30. The zero-order valence-corrected chi connectivity index (χ0v) is 21.8. The van der Waals surface area contributed by atoms with E-state index in [0.717, 1.165) is 10.6 Å². The van der Waals surface area contributed by atoms with Gasteiger partial charge in [0.1, 0.15) is 12.6 Å². The summed E-state index contributed by atoms with van der Waals surface area (Å²) in [5, 5.41) is 3.68. The molecule has 11 heteroatoms. The first-order chi connectivity index (χ1) is 15.3. The molecule has 2 amide bonds. The largest absolute Gasteiger partial charge is 0.355 e. The summed E-state index contributed by atoms with van der Waals surface area (Å²) in [5.41, 5.74) is 1.56. The van der Waals surface area contributed by atoms with Gasteiger partial charge in [-0.1, -0.05) is 46.9 Å². The Balaban J connectivity index is 2.45. The number of nitrogens with one attached hydrogen (secondary N) is 1. The van der Waals surface area contributed by atoms with Crippen molar-refractivity contribution >= 4 is 62.3 Å². The van der Waals surface area contributed by atoms with Crippen molar-refractivity contribution in [3.63, 3.8) is 0 Å². The number of hydrogen-bond acceptors (Lipinski definition) is 4. The number of sulfonamides is 1. The molecule has 0 unspecified atom stereocenters. The van der Waals surface area contributed by atoms with Gasteiger partial charge in [0.2, 0.25) is 21.8 Å². The molecule has 0 saturated carbocycles. The Hall–Kier alpha value is -2.00. The van der Waals surface area contributed by atoms with Crippen LogP contribution in [0.3, 0.4) is 0 Å². The van der Waals surface area contributed by atoms with Crippen molar-refractivity contribution in [2.45, 2.75) is 33.4 Å². The number of nitrogens with zero attached hydrogens (tertiary/aromatic N) is 2. The Kier molecular flexibility index (Phi) is 9.43. The Morgan fingerprint density at radius 3 is 2.30 bits per heavy atom. The molecule has 0 aromatic heterocycles. The normalized spacial score (nSPS) is 12.2. The van der Waals surface area contributed by atoms with E-state index in [1.54, 1.807) is 51.1 Å². The van der Waals surface area contributed by atoms with Gasteiger partial charge in [-0.3, -0.25) is 13.9 Å². The molecular weight excluding hydrogens is 509 g/mol. The van der Waals surface area contributed by atoms with E-state index in [-0.39, 0.29) is 12.5 Å². The van der Waals surface area contributed by atoms with Crippen LogP contribution in [0.1, 0.15) is 25.0 Å². The number of anilines is 1. The highest BCUT2D eigenvalue weighted by molar-refractivity contribution is 7.92. The zero-order chi connectivity index (χ0) is 24.9. The second-order valence-electron chi connectivity index (χ2n) is 7.54. The summed E-state index contributed by atoms with van der Waals surface area (Å²) in [6.45, 7) is 4.97. The number of benzene rings is 2. The Morgan fingerprint density at radius 1 is 1.06 bits per heavy atom. The van der Waals surface area contributed by atoms with Gasteiger partial charge < -0.3 is 10.2 Å². The predicted octanol–water partition coefficient (Wildman–Crippen LogP) is 4.27. The first-order valence-electron chi connectivity index (χ1n) is 10.1. The summed E-state index contributed by atoms with van der Waals surface area (Å²) < 4.78 is 26.2. The molecule has 180 valence electrons. The van der Waals surface area contributed by atoms with Crippen LogP contribution in [-0.4, -0.2) is 50.5 Å². The summed E-state index contributed by atoms with van der Waals surface area (Å²) in [6, 6.07) is 8.81. The van der Waals surface area contributed by atoms with Gasteiger partial charge in [0, 0.05) is 18.1 Å². The minimum absolute atomic E-state index is 0.0279. The maximum Gasteiger partial charge on any atom is 0.244 e. The lowest BCUT2D eigenvalue weighted by atomic mass is 10.1. The van der Waals surface area contributed by atoms with Gasteiger partial charge in [-0.2, -0.15) is 0 Å². The summed E-state index contributed by atoms with van der Waals surface area (Å²) >= 11 is 18.2. The third-order valence-corrected chi connectivity index (χ3v) is 7.07. The number of carbonyl (C=O) groups is 2. The van der Waals surface area contributed by atoms with Crippen LogP contribution in [0.25, 0.3) is 0 Å². The van der Waals surface area contributed by atoms with Crippen LogP contribution >= 0.6 is 34.8 Å². The molecule has 2 aromatic carbocycles. The van der Waals surface area contributed by atoms with Gasteiger partial charge >= 0.3 is 0 Å². The number of likely N-dealkylation sites (N-methyl/N-ethyl adjacent to an activating group) is 1. The predicted molar refractivity (Wildman–Crippen MR) is 134 cm³/mol. The lowest BCUT2D eigenvalue weighted by molar-refractivity contribution is -0.139. The number of amides is 2. The average molecular weight is 535 g/mol. The summed E-state index contributed by atoms with van der Waals surface area (Å²) in [7, 11) is -3.84. The topological polar surface area (TPSA) is 86.8 Å². The average Bonchev–Trinajstić information content (AvgIpc) is 2.73. The molecule has 2 rings (SSSR count). The van der Waals surface area contributed by atoms with Crippen molar-refractivity contribution in [1.29, 1.82) is 0 Å². The molecule has 0 aliphatic heterocycles.